The van der Waals surface area contributed by atoms with Gasteiger partial charge in [0.2, 0.25) is 0 Å². The number of aryl methyl sites for hydroxylation is 2. The van der Waals surface area contributed by atoms with Crippen molar-refractivity contribution < 1.29 is 5.11 Å². The molecule has 16 heavy (non-hydrogen) atoms. The third kappa shape index (κ3) is 2.46. The topological polar surface area (TPSA) is 61.8 Å². The first-order valence-electron chi connectivity index (χ1n) is 5.39. The van der Waals surface area contributed by atoms with Crippen LogP contribution in [-0.4, -0.2) is 26.9 Å². The fourth-order valence-corrected chi connectivity index (χ4v) is 1.57. The van der Waals surface area contributed by atoms with Crippen LogP contribution in [0.5, 0.6) is 0 Å². The molecule has 2 rings (SSSR count). The molecule has 0 saturated carbocycles. The number of hydrogen-bond donors (Lipinski definition) is 2. The van der Waals surface area contributed by atoms with E-state index < -0.39 is 0 Å². The average Bonchev–Trinajstić information content (AvgIpc) is 2.75. The number of nitrogens with zero attached hydrogens (tertiary/aromatic N) is 2. The van der Waals surface area contributed by atoms with Crippen LogP contribution in [0.15, 0.2) is 24.3 Å². The predicted octanol–water partition coefficient (Wildman–Crippen LogP) is 1.71. The molecule has 0 amide bonds. The number of nitrogens with one attached hydrogen (secondary N) is 1. The van der Waals surface area contributed by atoms with E-state index in [1.807, 2.05) is 25.1 Å². The zero-order valence-corrected chi connectivity index (χ0v) is 9.27. The van der Waals surface area contributed by atoms with Crippen molar-refractivity contribution in [2.45, 2.75) is 19.8 Å². The molecule has 0 radical (unpaired) electrons. The highest BCUT2D eigenvalue weighted by atomic mass is 16.2. The maximum atomic E-state index is 8.73. The third-order valence-electron chi connectivity index (χ3n) is 2.38. The quantitative estimate of drug-likeness (QED) is 0.819. The number of hydrogen-bond acceptors (Lipinski definition) is 3. The molecule has 1 aromatic heterocycles. The number of aliphatic hydroxyl groups excluding tert-OH is 1. The molecule has 0 saturated heterocycles. The molecule has 0 aliphatic heterocycles. The van der Waals surface area contributed by atoms with Crippen molar-refractivity contribution in [3.05, 3.63) is 35.7 Å². The number of aromatic amines is 1. The molecule has 0 bridgehead atoms. The summed E-state index contributed by atoms with van der Waals surface area (Å²) in [6, 6.07) is 8.09. The van der Waals surface area contributed by atoms with Gasteiger partial charge in [-0.1, -0.05) is 23.8 Å². The fraction of sp³-hybridized carbons (Fsp3) is 0.333. The Kier molecular flexibility index (Phi) is 3.31. The number of rotatable bonds is 4. The van der Waals surface area contributed by atoms with Gasteiger partial charge in [0.05, 0.1) is 0 Å². The summed E-state index contributed by atoms with van der Waals surface area (Å²) in [5.41, 5.74) is 2.21. The van der Waals surface area contributed by atoms with Gasteiger partial charge in [-0.05, 0) is 19.4 Å². The van der Waals surface area contributed by atoms with E-state index in [-0.39, 0.29) is 6.61 Å². The van der Waals surface area contributed by atoms with Crippen molar-refractivity contribution in [1.29, 1.82) is 0 Å². The van der Waals surface area contributed by atoms with Gasteiger partial charge >= 0.3 is 0 Å². The van der Waals surface area contributed by atoms with Gasteiger partial charge in [-0.25, -0.2) is 4.98 Å². The normalized spacial score (nSPS) is 10.6. The Balaban J connectivity index is 2.18. The van der Waals surface area contributed by atoms with Crippen molar-refractivity contribution >= 4 is 0 Å². The van der Waals surface area contributed by atoms with Crippen LogP contribution in [0.25, 0.3) is 11.4 Å². The van der Waals surface area contributed by atoms with Crippen LogP contribution in [0.3, 0.4) is 0 Å². The minimum atomic E-state index is 0.181. The van der Waals surface area contributed by atoms with Crippen molar-refractivity contribution in [3.8, 4) is 11.4 Å². The summed E-state index contributed by atoms with van der Waals surface area (Å²) in [6.45, 7) is 2.23. The van der Waals surface area contributed by atoms with E-state index in [0.717, 1.165) is 23.6 Å². The molecule has 0 fully saturated rings. The summed E-state index contributed by atoms with van der Waals surface area (Å²) in [4.78, 5) is 4.38. The molecule has 0 aliphatic carbocycles. The van der Waals surface area contributed by atoms with E-state index in [2.05, 4.69) is 21.2 Å². The zero-order chi connectivity index (χ0) is 11.4. The Bertz CT molecular complexity index is 465. The molecular weight excluding hydrogens is 202 g/mol. The van der Waals surface area contributed by atoms with Crippen LogP contribution in [0, 0.1) is 6.92 Å². The van der Waals surface area contributed by atoms with Crippen LogP contribution in [0.2, 0.25) is 0 Å². The van der Waals surface area contributed by atoms with Gasteiger partial charge in [0.15, 0.2) is 5.82 Å². The molecule has 4 heteroatoms. The Labute approximate surface area is 94.4 Å². The Hall–Kier alpha value is -1.68. The highest BCUT2D eigenvalue weighted by molar-refractivity contribution is 5.55. The first-order valence-corrected chi connectivity index (χ1v) is 5.39. The summed E-state index contributed by atoms with van der Waals surface area (Å²) < 4.78 is 0. The first kappa shape index (κ1) is 10.8. The first-order chi connectivity index (χ1) is 7.79. The Morgan fingerprint density at radius 2 is 2.25 bits per heavy atom. The molecule has 0 spiro atoms. The number of aromatic nitrogens is 3. The fourth-order valence-electron chi connectivity index (χ4n) is 1.57. The lowest BCUT2D eigenvalue weighted by atomic mass is 10.1. The highest BCUT2D eigenvalue weighted by Gasteiger charge is 2.05. The number of H-pyrrole nitrogens is 1. The second-order valence-electron chi connectivity index (χ2n) is 3.80. The van der Waals surface area contributed by atoms with Gasteiger partial charge in [-0.3, -0.25) is 5.10 Å². The van der Waals surface area contributed by atoms with Gasteiger partial charge in [-0.15, -0.1) is 0 Å². The Morgan fingerprint density at radius 1 is 1.38 bits per heavy atom. The van der Waals surface area contributed by atoms with Crippen molar-refractivity contribution in [1.82, 2.24) is 15.2 Å². The van der Waals surface area contributed by atoms with Crippen LogP contribution in [0.1, 0.15) is 17.8 Å². The van der Waals surface area contributed by atoms with Crippen LogP contribution in [-0.2, 0) is 6.42 Å². The van der Waals surface area contributed by atoms with E-state index in [9.17, 15) is 0 Å². The number of aliphatic hydroxyl groups is 1. The second-order valence-corrected chi connectivity index (χ2v) is 3.80. The summed E-state index contributed by atoms with van der Waals surface area (Å²) in [5, 5.41) is 15.8. The average molecular weight is 217 g/mol. The van der Waals surface area contributed by atoms with Crippen LogP contribution >= 0.6 is 0 Å². The lowest BCUT2D eigenvalue weighted by Gasteiger charge is -1.96. The maximum Gasteiger partial charge on any atom is 0.181 e. The Morgan fingerprint density at radius 3 is 3.00 bits per heavy atom. The summed E-state index contributed by atoms with van der Waals surface area (Å²) in [7, 11) is 0. The lowest BCUT2D eigenvalue weighted by Crippen LogP contribution is -1.91. The summed E-state index contributed by atoms with van der Waals surface area (Å²) >= 11 is 0. The predicted molar refractivity (Wildman–Crippen MR) is 62.0 cm³/mol. The molecule has 4 nitrogen and oxygen atoms in total. The molecule has 84 valence electrons. The smallest absolute Gasteiger partial charge is 0.181 e. The zero-order valence-electron chi connectivity index (χ0n) is 9.27. The lowest BCUT2D eigenvalue weighted by molar-refractivity contribution is 0.287. The molecule has 1 aromatic carbocycles. The minimum Gasteiger partial charge on any atom is -0.396 e. The van der Waals surface area contributed by atoms with Crippen molar-refractivity contribution in [2.24, 2.45) is 0 Å². The molecule has 2 N–H and O–H groups in total. The standard InChI is InChI=1S/C12H15N3O/c1-9-4-2-5-10(8-9)12-13-11(14-15-12)6-3-7-16/h2,4-5,8,16H,3,6-7H2,1H3,(H,13,14,15). The highest BCUT2D eigenvalue weighted by Crippen LogP contribution is 2.15. The van der Waals surface area contributed by atoms with E-state index in [0.29, 0.717) is 6.42 Å². The van der Waals surface area contributed by atoms with Gasteiger partial charge < -0.3 is 5.11 Å². The molecule has 1 heterocycles. The SMILES string of the molecule is Cc1cccc(-c2n[nH]c(CCCO)n2)c1. The van der Waals surface area contributed by atoms with E-state index in [1.165, 1.54) is 5.56 Å². The second kappa shape index (κ2) is 4.90. The van der Waals surface area contributed by atoms with Crippen molar-refractivity contribution in [3.63, 3.8) is 0 Å². The van der Waals surface area contributed by atoms with E-state index >= 15 is 0 Å². The van der Waals surface area contributed by atoms with Gasteiger partial charge in [0.1, 0.15) is 5.82 Å². The number of benzene rings is 1. The van der Waals surface area contributed by atoms with E-state index in [1.54, 1.807) is 0 Å². The molecule has 0 aliphatic rings. The van der Waals surface area contributed by atoms with Gasteiger partial charge in [0, 0.05) is 18.6 Å². The monoisotopic (exact) mass is 217 g/mol. The van der Waals surface area contributed by atoms with Crippen molar-refractivity contribution in [2.75, 3.05) is 6.61 Å². The van der Waals surface area contributed by atoms with Crippen LogP contribution in [0.4, 0.5) is 0 Å². The minimum absolute atomic E-state index is 0.181. The molecule has 2 aromatic rings. The molecule has 0 atom stereocenters. The summed E-state index contributed by atoms with van der Waals surface area (Å²) in [6.07, 6.45) is 1.44. The van der Waals surface area contributed by atoms with Gasteiger partial charge in [-0.2, -0.15) is 5.10 Å². The van der Waals surface area contributed by atoms with Crippen LogP contribution < -0.4 is 0 Å². The molecule has 0 unspecified atom stereocenters. The van der Waals surface area contributed by atoms with Gasteiger partial charge in [0.25, 0.3) is 0 Å². The summed E-state index contributed by atoms with van der Waals surface area (Å²) in [5.74, 6) is 1.54. The molecular formula is C12H15N3O. The third-order valence-corrected chi connectivity index (χ3v) is 2.38. The largest absolute Gasteiger partial charge is 0.396 e. The maximum absolute atomic E-state index is 8.73. The van der Waals surface area contributed by atoms with E-state index in [4.69, 9.17) is 5.11 Å².